The highest BCUT2D eigenvalue weighted by Gasteiger charge is 2.13. The SMILES string of the molecule is CCC(O)c1ccc(CCNS(=O)(=O)c2ccc(Br)cc2)cc1. The molecule has 2 aromatic carbocycles. The lowest BCUT2D eigenvalue weighted by Gasteiger charge is -2.10. The predicted molar refractivity (Wildman–Crippen MR) is 94.7 cm³/mol. The average Bonchev–Trinajstić information content (AvgIpc) is 2.55. The van der Waals surface area contributed by atoms with E-state index >= 15 is 0 Å². The van der Waals surface area contributed by atoms with Crippen LogP contribution in [0.1, 0.15) is 30.6 Å². The number of halogens is 1. The fraction of sp³-hybridized carbons (Fsp3) is 0.294. The topological polar surface area (TPSA) is 66.4 Å². The Labute approximate surface area is 145 Å². The zero-order chi connectivity index (χ0) is 16.9. The molecular weight excluding hydrogens is 378 g/mol. The second-order valence-corrected chi connectivity index (χ2v) is 7.95. The minimum Gasteiger partial charge on any atom is -0.388 e. The highest BCUT2D eigenvalue weighted by Crippen LogP contribution is 2.17. The van der Waals surface area contributed by atoms with Gasteiger partial charge < -0.3 is 5.11 Å². The molecule has 2 rings (SSSR count). The summed E-state index contributed by atoms with van der Waals surface area (Å²) in [6, 6.07) is 14.1. The van der Waals surface area contributed by atoms with Crippen molar-refractivity contribution in [2.75, 3.05) is 6.54 Å². The van der Waals surface area contributed by atoms with Gasteiger partial charge in [-0.25, -0.2) is 13.1 Å². The molecule has 0 saturated heterocycles. The van der Waals surface area contributed by atoms with Gasteiger partial charge in [0.05, 0.1) is 11.0 Å². The van der Waals surface area contributed by atoms with Crippen LogP contribution in [-0.2, 0) is 16.4 Å². The van der Waals surface area contributed by atoms with Crippen molar-refractivity contribution in [2.45, 2.75) is 30.8 Å². The molecule has 0 fully saturated rings. The Morgan fingerprint density at radius 2 is 1.70 bits per heavy atom. The predicted octanol–water partition coefficient (Wildman–Crippen LogP) is 3.41. The highest BCUT2D eigenvalue weighted by molar-refractivity contribution is 9.10. The van der Waals surface area contributed by atoms with Gasteiger partial charge in [0.1, 0.15) is 0 Å². The molecule has 0 heterocycles. The van der Waals surface area contributed by atoms with Gasteiger partial charge in [-0.05, 0) is 48.2 Å². The maximum Gasteiger partial charge on any atom is 0.240 e. The molecule has 0 saturated carbocycles. The van der Waals surface area contributed by atoms with E-state index in [0.717, 1.165) is 15.6 Å². The largest absolute Gasteiger partial charge is 0.388 e. The van der Waals surface area contributed by atoms with E-state index in [4.69, 9.17) is 0 Å². The van der Waals surface area contributed by atoms with Gasteiger partial charge in [0.15, 0.2) is 0 Å². The van der Waals surface area contributed by atoms with E-state index in [1.165, 1.54) is 0 Å². The van der Waals surface area contributed by atoms with Gasteiger partial charge in [-0.1, -0.05) is 47.1 Å². The third-order valence-electron chi connectivity index (χ3n) is 3.58. The summed E-state index contributed by atoms with van der Waals surface area (Å²) in [5, 5.41) is 9.75. The fourth-order valence-corrected chi connectivity index (χ4v) is 3.47. The number of sulfonamides is 1. The van der Waals surface area contributed by atoms with Crippen molar-refractivity contribution < 1.29 is 13.5 Å². The van der Waals surface area contributed by atoms with E-state index in [9.17, 15) is 13.5 Å². The van der Waals surface area contributed by atoms with Gasteiger partial charge in [-0.3, -0.25) is 0 Å². The summed E-state index contributed by atoms with van der Waals surface area (Å²) < 4.78 is 27.8. The van der Waals surface area contributed by atoms with Gasteiger partial charge in [0.2, 0.25) is 10.0 Å². The number of aliphatic hydroxyl groups excluding tert-OH is 1. The molecule has 1 unspecified atom stereocenters. The molecular formula is C17H20BrNO3S. The molecule has 0 aromatic heterocycles. The van der Waals surface area contributed by atoms with Gasteiger partial charge in [-0.2, -0.15) is 0 Å². The van der Waals surface area contributed by atoms with Crippen LogP contribution < -0.4 is 4.72 Å². The summed E-state index contributed by atoms with van der Waals surface area (Å²) in [5.41, 5.74) is 1.90. The Kier molecular flexibility index (Phi) is 6.35. The van der Waals surface area contributed by atoms with Crippen molar-refractivity contribution in [3.05, 3.63) is 64.1 Å². The Hall–Kier alpha value is -1.21. The Balaban J connectivity index is 1.92. The van der Waals surface area contributed by atoms with E-state index in [1.807, 2.05) is 31.2 Å². The maximum atomic E-state index is 12.2. The molecule has 0 spiro atoms. The van der Waals surface area contributed by atoms with E-state index in [-0.39, 0.29) is 4.90 Å². The van der Waals surface area contributed by atoms with Gasteiger partial charge in [-0.15, -0.1) is 0 Å². The van der Waals surface area contributed by atoms with Gasteiger partial charge in [0, 0.05) is 11.0 Å². The smallest absolute Gasteiger partial charge is 0.240 e. The molecule has 1 atom stereocenters. The molecule has 2 aromatic rings. The van der Waals surface area contributed by atoms with Crippen molar-refractivity contribution in [2.24, 2.45) is 0 Å². The third-order valence-corrected chi connectivity index (χ3v) is 5.59. The summed E-state index contributed by atoms with van der Waals surface area (Å²) in [6.07, 6.45) is 0.824. The summed E-state index contributed by atoms with van der Waals surface area (Å²) in [5.74, 6) is 0. The Bertz CT molecular complexity index is 727. The van der Waals surface area contributed by atoms with Crippen LogP contribution in [0, 0.1) is 0 Å². The zero-order valence-corrected chi connectivity index (χ0v) is 15.3. The second-order valence-electron chi connectivity index (χ2n) is 5.27. The first kappa shape index (κ1) is 18.1. The van der Waals surface area contributed by atoms with Crippen LogP contribution in [0.4, 0.5) is 0 Å². The minimum atomic E-state index is -3.48. The first-order chi connectivity index (χ1) is 10.9. The van der Waals surface area contributed by atoms with Crippen LogP contribution in [0.3, 0.4) is 0 Å². The van der Waals surface area contributed by atoms with Crippen molar-refractivity contribution in [1.29, 1.82) is 0 Å². The first-order valence-corrected chi connectivity index (χ1v) is 9.72. The number of aliphatic hydroxyl groups is 1. The van der Waals surface area contributed by atoms with Crippen molar-refractivity contribution >= 4 is 26.0 Å². The molecule has 0 aliphatic heterocycles. The molecule has 0 amide bonds. The van der Waals surface area contributed by atoms with Crippen LogP contribution in [0.5, 0.6) is 0 Å². The second kappa shape index (κ2) is 8.06. The lowest BCUT2D eigenvalue weighted by atomic mass is 10.0. The van der Waals surface area contributed by atoms with Crippen LogP contribution in [0.2, 0.25) is 0 Å². The normalized spacial score (nSPS) is 13.0. The lowest BCUT2D eigenvalue weighted by Crippen LogP contribution is -2.25. The number of benzene rings is 2. The standard InChI is InChI=1S/C17H20BrNO3S/c1-2-17(20)14-5-3-13(4-6-14)11-12-19-23(21,22)16-9-7-15(18)8-10-16/h3-10,17,19-20H,2,11-12H2,1H3. The van der Waals surface area contributed by atoms with E-state index < -0.39 is 16.1 Å². The van der Waals surface area contributed by atoms with Crippen molar-refractivity contribution in [3.8, 4) is 0 Å². The molecule has 0 bridgehead atoms. The summed E-state index contributed by atoms with van der Waals surface area (Å²) >= 11 is 3.28. The number of hydrogen-bond acceptors (Lipinski definition) is 3. The van der Waals surface area contributed by atoms with Crippen LogP contribution >= 0.6 is 15.9 Å². The quantitative estimate of drug-likeness (QED) is 0.751. The summed E-state index contributed by atoms with van der Waals surface area (Å²) in [4.78, 5) is 0.252. The zero-order valence-electron chi connectivity index (χ0n) is 12.9. The number of rotatable bonds is 7. The Morgan fingerprint density at radius 3 is 2.26 bits per heavy atom. The molecule has 0 aliphatic rings. The molecule has 23 heavy (non-hydrogen) atoms. The van der Waals surface area contributed by atoms with Gasteiger partial charge >= 0.3 is 0 Å². The maximum absolute atomic E-state index is 12.2. The molecule has 124 valence electrons. The van der Waals surface area contributed by atoms with Crippen LogP contribution in [0.25, 0.3) is 0 Å². The number of hydrogen-bond donors (Lipinski definition) is 2. The fourth-order valence-electron chi connectivity index (χ4n) is 2.17. The molecule has 6 heteroatoms. The minimum absolute atomic E-state index is 0.252. The van der Waals surface area contributed by atoms with Crippen molar-refractivity contribution in [1.82, 2.24) is 4.72 Å². The van der Waals surface area contributed by atoms with Gasteiger partial charge in [0.25, 0.3) is 0 Å². The summed E-state index contributed by atoms with van der Waals surface area (Å²) in [7, 11) is -3.48. The highest BCUT2D eigenvalue weighted by atomic mass is 79.9. The van der Waals surface area contributed by atoms with Crippen molar-refractivity contribution in [3.63, 3.8) is 0 Å². The lowest BCUT2D eigenvalue weighted by molar-refractivity contribution is 0.173. The van der Waals surface area contributed by atoms with Crippen LogP contribution in [-0.4, -0.2) is 20.1 Å². The number of nitrogens with one attached hydrogen (secondary N) is 1. The third kappa shape index (κ3) is 5.14. The van der Waals surface area contributed by atoms with E-state index in [2.05, 4.69) is 20.7 Å². The van der Waals surface area contributed by atoms with E-state index in [0.29, 0.717) is 19.4 Å². The molecule has 0 aliphatic carbocycles. The monoisotopic (exact) mass is 397 g/mol. The molecule has 2 N–H and O–H groups in total. The van der Waals surface area contributed by atoms with Crippen LogP contribution in [0.15, 0.2) is 57.9 Å². The summed E-state index contributed by atoms with van der Waals surface area (Å²) in [6.45, 7) is 2.25. The van der Waals surface area contributed by atoms with E-state index in [1.54, 1.807) is 24.3 Å². The molecule has 4 nitrogen and oxygen atoms in total. The molecule has 0 radical (unpaired) electrons. The average molecular weight is 398 g/mol. The Morgan fingerprint density at radius 1 is 1.09 bits per heavy atom. The first-order valence-electron chi connectivity index (χ1n) is 7.44.